The van der Waals surface area contributed by atoms with Gasteiger partial charge in [-0.15, -0.1) is 0 Å². The highest BCUT2D eigenvalue weighted by atomic mass is 16.5. The van der Waals surface area contributed by atoms with E-state index in [2.05, 4.69) is 31.0 Å². The third-order valence-electron chi connectivity index (χ3n) is 2.96. The standard InChI is InChI=1S/C13H18N2O/c1-8(2)10-4-5-11-12(13(10)16-3)9(6-14)7-15-11/h4-5,7-8,15H,6,14H2,1-3H3. The zero-order chi connectivity index (χ0) is 11.7. The molecule has 0 unspecified atom stereocenters. The molecule has 0 amide bonds. The van der Waals surface area contributed by atoms with Crippen molar-refractivity contribution in [1.82, 2.24) is 4.98 Å². The minimum atomic E-state index is 0.444. The van der Waals surface area contributed by atoms with Gasteiger partial charge in [0.2, 0.25) is 0 Å². The van der Waals surface area contributed by atoms with E-state index >= 15 is 0 Å². The van der Waals surface area contributed by atoms with Gasteiger partial charge >= 0.3 is 0 Å². The van der Waals surface area contributed by atoms with Crippen molar-refractivity contribution in [2.24, 2.45) is 5.73 Å². The normalized spacial score (nSPS) is 11.3. The van der Waals surface area contributed by atoms with Crippen LogP contribution in [0.5, 0.6) is 5.75 Å². The Morgan fingerprint density at radius 1 is 1.38 bits per heavy atom. The van der Waals surface area contributed by atoms with Gasteiger partial charge in [-0.05, 0) is 23.1 Å². The molecule has 0 aliphatic carbocycles. The van der Waals surface area contributed by atoms with Crippen LogP contribution < -0.4 is 10.5 Å². The molecule has 0 radical (unpaired) electrons. The molecule has 86 valence electrons. The number of fused-ring (bicyclic) bond motifs is 1. The number of benzene rings is 1. The number of nitrogens with two attached hydrogens (primary N) is 1. The SMILES string of the molecule is COc1c(C(C)C)ccc2[nH]cc(CN)c12. The number of aromatic amines is 1. The van der Waals surface area contributed by atoms with Crippen LogP contribution in [0.1, 0.15) is 30.9 Å². The van der Waals surface area contributed by atoms with E-state index in [1.54, 1.807) is 7.11 Å². The van der Waals surface area contributed by atoms with Crippen LogP contribution >= 0.6 is 0 Å². The van der Waals surface area contributed by atoms with Gasteiger partial charge < -0.3 is 15.5 Å². The molecular weight excluding hydrogens is 200 g/mol. The van der Waals surface area contributed by atoms with Crippen LogP contribution in [0.3, 0.4) is 0 Å². The average molecular weight is 218 g/mol. The molecule has 0 saturated carbocycles. The third kappa shape index (κ3) is 1.57. The van der Waals surface area contributed by atoms with Crippen LogP contribution in [-0.4, -0.2) is 12.1 Å². The molecule has 0 atom stereocenters. The summed E-state index contributed by atoms with van der Waals surface area (Å²) in [6, 6.07) is 4.20. The Morgan fingerprint density at radius 2 is 2.12 bits per heavy atom. The number of methoxy groups -OCH3 is 1. The van der Waals surface area contributed by atoms with Crippen molar-refractivity contribution in [3.63, 3.8) is 0 Å². The molecule has 16 heavy (non-hydrogen) atoms. The minimum absolute atomic E-state index is 0.444. The van der Waals surface area contributed by atoms with Gasteiger partial charge in [0.1, 0.15) is 5.75 Å². The van der Waals surface area contributed by atoms with Gasteiger partial charge in [-0.3, -0.25) is 0 Å². The molecule has 1 aromatic heterocycles. The van der Waals surface area contributed by atoms with Crippen molar-refractivity contribution >= 4 is 10.9 Å². The lowest BCUT2D eigenvalue weighted by molar-refractivity contribution is 0.412. The maximum absolute atomic E-state index is 5.73. The van der Waals surface area contributed by atoms with E-state index < -0.39 is 0 Å². The maximum Gasteiger partial charge on any atom is 0.132 e. The van der Waals surface area contributed by atoms with Gasteiger partial charge in [0.05, 0.1) is 7.11 Å². The van der Waals surface area contributed by atoms with Gasteiger partial charge in [-0.25, -0.2) is 0 Å². The first-order valence-corrected chi connectivity index (χ1v) is 5.56. The van der Waals surface area contributed by atoms with Crippen molar-refractivity contribution in [3.8, 4) is 5.75 Å². The lowest BCUT2D eigenvalue weighted by atomic mass is 9.98. The summed E-state index contributed by atoms with van der Waals surface area (Å²) < 4.78 is 5.55. The smallest absolute Gasteiger partial charge is 0.132 e. The summed E-state index contributed by atoms with van der Waals surface area (Å²) >= 11 is 0. The zero-order valence-electron chi connectivity index (χ0n) is 10.0. The van der Waals surface area contributed by atoms with E-state index in [9.17, 15) is 0 Å². The van der Waals surface area contributed by atoms with Crippen LogP contribution in [0.2, 0.25) is 0 Å². The predicted octanol–water partition coefficient (Wildman–Crippen LogP) is 2.76. The van der Waals surface area contributed by atoms with Crippen LogP contribution in [0.25, 0.3) is 10.9 Å². The van der Waals surface area contributed by atoms with Crippen LogP contribution in [-0.2, 0) is 6.54 Å². The summed E-state index contributed by atoms with van der Waals surface area (Å²) in [5.41, 5.74) is 9.15. The molecular formula is C13H18N2O. The molecule has 0 aliphatic heterocycles. The van der Waals surface area contributed by atoms with Gasteiger partial charge in [0, 0.05) is 23.6 Å². The number of aromatic nitrogens is 1. The first kappa shape index (κ1) is 11.0. The number of hydrogen-bond donors (Lipinski definition) is 2. The Balaban J connectivity index is 2.77. The highest BCUT2D eigenvalue weighted by molar-refractivity contribution is 5.90. The number of nitrogens with one attached hydrogen (secondary N) is 1. The van der Waals surface area contributed by atoms with Gasteiger partial charge in [0.25, 0.3) is 0 Å². The first-order chi connectivity index (χ1) is 7.69. The van der Waals surface area contributed by atoms with Crippen LogP contribution in [0.15, 0.2) is 18.3 Å². The molecule has 1 aromatic carbocycles. The fraction of sp³-hybridized carbons (Fsp3) is 0.385. The molecule has 3 nitrogen and oxygen atoms in total. The van der Waals surface area contributed by atoms with Gasteiger partial charge in [-0.2, -0.15) is 0 Å². The van der Waals surface area contributed by atoms with Crippen molar-refractivity contribution in [2.45, 2.75) is 26.3 Å². The number of hydrogen-bond acceptors (Lipinski definition) is 2. The summed E-state index contributed by atoms with van der Waals surface area (Å²) in [6.45, 7) is 4.86. The monoisotopic (exact) mass is 218 g/mol. The Labute approximate surface area is 95.6 Å². The molecule has 0 fully saturated rings. The highest BCUT2D eigenvalue weighted by Gasteiger charge is 2.14. The Kier molecular flexibility index (Phi) is 2.88. The second-order valence-electron chi connectivity index (χ2n) is 4.28. The average Bonchev–Trinajstić information content (AvgIpc) is 2.70. The molecule has 1 heterocycles. The van der Waals surface area contributed by atoms with E-state index in [-0.39, 0.29) is 0 Å². The first-order valence-electron chi connectivity index (χ1n) is 5.56. The van der Waals surface area contributed by atoms with Crippen LogP contribution in [0, 0.1) is 0 Å². The molecule has 0 bridgehead atoms. The number of ether oxygens (including phenoxy) is 1. The van der Waals surface area contributed by atoms with E-state index in [1.807, 2.05) is 6.20 Å². The Morgan fingerprint density at radius 3 is 2.69 bits per heavy atom. The van der Waals surface area contributed by atoms with E-state index in [1.165, 1.54) is 5.56 Å². The fourth-order valence-corrected chi connectivity index (χ4v) is 2.11. The predicted molar refractivity (Wildman–Crippen MR) is 66.8 cm³/mol. The Bertz CT molecular complexity index is 500. The summed E-state index contributed by atoms with van der Waals surface area (Å²) in [6.07, 6.45) is 1.96. The van der Waals surface area contributed by atoms with Crippen LogP contribution in [0.4, 0.5) is 0 Å². The topological polar surface area (TPSA) is 51.0 Å². The lowest BCUT2D eigenvalue weighted by Crippen LogP contribution is -1.98. The Hall–Kier alpha value is -1.48. The molecule has 0 aliphatic rings. The molecule has 2 rings (SSSR count). The lowest BCUT2D eigenvalue weighted by Gasteiger charge is -2.13. The van der Waals surface area contributed by atoms with E-state index in [0.29, 0.717) is 12.5 Å². The zero-order valence-corrected chi connectivity index (χ0v) is 10.0. The largest absolute Gasteiger partial charge is 0.496 e. The molecule has 2 aromatic rings. The molecule has 0 spiro atoms. The third-order valence-corrected chi connectivity index (χ3v) is 2.96. The summed E-state index contributed by atoms with van der Waals surface area (Å²) in [5, 5.41) is 1.12. The summed E-state index contributed by atoms with van der Waals surface area (Å²) in [5.74, 6) is 1.40. The van der Waals surface area contributed by atoms with Crippen molar-refractivity contribution < 1.29 is 4.74 Å². The quantitative estimate of drug-likeness (QED) is 0.832. The highest BCUT2D eigenvalue weighted by Crippen LogP contribution is 2.35. The summed E-state index contributed by atoms with van der Waals surface area (Å²) in [4.78, 5) is 3.22. The van der Waals surface area contributed by atoms with Gasteiger partial charge in [-0.1, -0.05) is 19.9 Å². The second kappa shape index (κ2) is 4.18. The second-order valence-corrected chi connectivity index (χ2v) is 4.28. The fourth-order valence-electron chi connectivity index (χ4n) is 2.11. The van der Waals surface area contributed by atoms with E-state index in [4.69, 9.17) is 10.5 Å². The van der Waals surface area contributed by atoms with E-state index in [0.717, 1.165) is 22.2 Å². The van der Waals surface area contributed by atoms with Crippen molar-refractivity contribution in [3.05, 3.63) is 29.5 Å². The van der Waals surface area contributed by atoms with Crippen molar-refractivity contribution in [2.75, 3.05) is 7.11 Å². The summed E-state index contributed by atoms with van der Waals surface area (Å²) in [7, 11) is 1.72. The molecule has 3 N–H and O–H groups in total. The number of H-pyrrole nitrogens is 1. The minimum Gasteiger partial charge on any atom is -0.496 e. The maximum atomic E-state index is 5.73. The van der Waals surface area contributed by atoms with Crippen molar-refractivity contribution in [1.29, 1.82) is 0 Å². The number of rotatable bonds is 3. The molecule has 3 heteroatoms. The van der Waals surface area contributed by atoms with Gasteiger partial charge in [0.15, 0.2) is 0 Å². The molecule has 0 saturated heterocycles.